The highest BCUT2D eigenvalue weighted by Crippen LogP contribution is 2.45. The Morgan fingerprint density at radius 2 is 1.85 bits per heavy atom. The maximum atomic E-state index is 12.4. The van der Waals surface area contributed by atoms with Gasteiger partial charge in [-0.15, -0.1) is 11.8 Å². The largest absolute Gasteiger partial charge is 0.463 e. The zero-order chi connectivity index (χ0) is 17.9. The molecule has 132 valence electrons. The van der Waals surface area contributed by atoms with Crippen molar-refractivity contribution >= 4 is 23.2 Å². The van der Waals surface area contributed by atoms with E-state index in [1.807, 2.05) is 48.5 Å². The van der Waals surface area contributed by atoms with E-state index in [9.17, 15) is 8.78 Å². The Labute approximate surface area is 153 Å². The summed E-state index contributed by atoms with van der Waals surface area (Å²) in [6, 6.07) is 18.5. The van der Waals surface area contributed by atoms with Crippen LogP contribution in [0.1, 0.15) is 23.0 Å². The third-order valence-electron chi connectivity index (χ3n) is 4.05. The Morgan fingerprint density at radius 1 is 1.04 bits per heavy atom. The van der Waals surface area contributed by atoms with Gasteiger partial charge >= 0.3 is 6.61 Å². The number of para-hydroxylation sites is 1. The van der Waals surface area contributed by atoms with E-state index >= 15 is 0 Å². The SMILES string of the molecule is FC(F)Oc1ccc([C@H]2CC(c3ccco3)=Nc3ccccc3S2)cc1. The minimum atomic E-state index is -2.82. The molecular weight excluding hydrogens is 356 g/mol. The third kappa shape index (κ3) is 3.65. The Bertz CT molecular complexity index is 908. The molecule has 0 N–H and O–H groups in total. The molecule has 2 aromatic carbocycles. The first kappa shape index (κ1) is 16.8. The summed E-state index contributed by atoms with van der Waals surface area (Å²) in [4.78, 5) is 5.87. The molecular formula is C20H15F2NO2S. The molecule has 0 amide bonds. The number of halogens is 2. The minimum Gasteiger partial charge on any atom is -0.463 e. The van der Waals surface area contributed by atoms with Crippen molar-refractivity contribution in [1.29, 1.82) is 0 Å². The molecule has 1 atom stereocenters. The van der Waals surface area contributed by atoms with Gasteiger partial charge in [0.1, 0.15) is 11.5 Å². The smallest absolute Gasteiger partial charge is 0.387 e. The van der Waals surface area contributed by atoms with Gasteiger partial charge in [0.2, 0.25) is 0 Å². The number of ether oxygens (including phenoxy) is 1. The summed E-state index contributed by atoms with van der Waals surface area (Å²) in [5.74, 6) is 0.896. The monoisotopic (exact) mass is 371 g/mol. The topological polar surface area (TPSA) is 34.7 Å². The van der Waals surface area contributed by atoms with Gasteiger partial charge < -0.3 is 9.15 Å². The Hall–Kier alpha value is -2.60. The summed E-state index contributed by atoms with van der Waals surface area (Å²) in [6.45, 7) is -2.82. The second-order valence-electron chi connectivity index (χ2n) is 5.76. The van der Waals surface area contributed by atoms with Crippen molar-refractivity contribution < 1.29 is 17.9 Å². The van der Waals surface area contributed by atoms with Crippen LogP contribution in [-0.4, -0.2) is 12.3 Å². The lowest BCUT2D eigenvalue weighted by Crippen LogP contribution is -2.05. The molecule has 0 saturated heterocycles. The van der Waals surface area contributed by atoms with E-state index in [0.29, 0.717) is 6.42 Å². The van der Waals surface area contributed by atoms with Crippen molar-refractivity contribution in [2.75, 3.05) is 0 Å². The lowest BCUT2D eigenvalue weighted by molar-refractivity contribution is -0.0498. The molecule has 2 heterocycles. The van der Waals surface area contributed by atoms with Gasteiger partial charge in [-0.2, -0.15) is 8.78 Å². The van der Waals surface area contributed by atoms with Crippen LogP contribution in [0.3, 0.4) is 0 Å². The van der Waals surface area contributed by atoms with E-state index in [2.05, 4.69) is 4.74 Å². The molecule has 0 fully saturated rings. The maximum Gasteiger partial charge on any atom is 0.387 e. The predicted octanol–water partition coefficient (Wildman–Crippen LogP) is 6.24. The van der Waals surface area contributed by atoms with Crippen molar-refractivity contribution in [1.82, 2.24) is 0 Å². The van der Waals surface area contributed by atoms with Crippen LogP contribution < -0.4 is 4.74 Å². The summed E-state index contributed by atoms with van der Waals surface area (Å²) < 4.78 is 34.7. The van der Waals surface area contributed by atoms with E-state index in [1.165, 1.54) is 0 Å². The molecule has 0 spiro atoms. The van der Waals surface area contributed by atoms with Gasteiger partial charge in [-0.25, -0.2) is 4.99 Å². The van der Waals surface area contributed by atoms with Crippen molar-refractivity contribution in [3.05, 3.63) is 78.3 Å². The molecule has 0 radical (unpaired) electrons. The fourth-order valence-corrected chi connectivity index (χ4v) is 4.09. The molecule has 0 unspecified atom stereocenters. The Balaban J connectivity index is 1.68. The van der Waals surface area contributed by atoms with Crippen LogP contribution in [0, 0.1) is 0 Å². The highest BCUT2D eigenvalue weighted by atomic mass is 32.2. The van der Waals surface area contributed by atoms with Crippen molar-refractivity contribution in [3.8, 4) is 5.75 Å². The van der Waals surface area contributed by atoms with Crippen LogP contribution in [0.25, 0.3) is 0 Å². The number of aliphatic imine (C=N–C) groups is 1. The number of benzene rings is 2. The fraction of sp³-hybridized carbons (Fsp3) is 0.150. The average Bonchev–Trinajstić information content (AvgIpc) is 3.09. The summed E-state index contributed by atoms with van der Waals surface area (Å²) in [5.41, 5.74) is 2.79. The van der Waals surface area contributed by atoms with Gasteiger partial charge in [0.05, 0.1) is 17.7 Å². The molecule has 3 aromatic rings. The molecule has 1 aliphatic heterocycles. The van der Waals surface area contributed by atoms with Crippen molar-refractivity contribution in [2.24, 2.45) is 4.99 Å². The minimum absolute atomic E-state index is 0.0862. The van der Waals surface area contributed by atoms with E-state index in [0.717, 1.165) is 27.6 Å². The standard InChI is InChI=1S/C20H15F2NO2S/c21-20(22)25-14-9-7-13(8-10-14)19-12-16(17-5-3-11-24-17)23-15-4-1-2-6-18(15)26-19/h1-11,19-20H,12H2/t19-/m1/s1. The summed E-state index contributed by atoms with van der Waals surface area (Å²) in [6.07, 6.45) is 2.30. The number of rotatable bonds is 4. The first-order chi connectivity index (χ1) is 12.7. The van der Waals surface area contributed by atoms with Gasteiger partial charge in [0.15, 0.2) is 0 Å². The normalized spacial score (nSPS) is 16.7. The Morgan fingerprint density at radius 3 is 2.58 bits per heavy atom. The van der Waals surface area contributed by atoms with E-state index < -0.39 is 6.61 Å². The average molecular weight is 371 g/mol. The number of nitrogens with zero attached hydrogens (tertiary/aromatic N) is 1. The second-order valence-corrected chi connectivity index (χ2v) is 7.01. The Kier molecular flexibility index (Phi) is 4.75. The highest BCUT2D eigenvalue weighted by Gasteiger charge is 2.23. The van der Waals surface area contributed by atoms with Crippen LogP contribution in [-0.2, 0) is 0 Å². The maximum absolute atomic E-state index is 12.4. The molecule has 0 bridgehead atoms. The van der Waals surface area contributed by atoms with Crippen molar-refractivity contribution in [2.45, 2.75) is 23.2 Å². The van der Waals surface area contributed by atoms with Crippen LogP contribution in [0.2, 0.25) is 0 Å². The third-order valence-corrected chi connectivity index (χ3v) is 5.37. The number of hydrogen-bond acceptors (Lipinski definition) is 4. The summed E-state index contributed by atoms with van der Waals surface area (Å²) in [5, 5.41) is 0.0862. The lowest BCUT2D eigenvalue weighted by atomic mass is 10.0. The van der Waals surface area contributed by atoms with Crippen LogP contribution in [0.4, 0.5) is 14.5 Å². The van der Waals surface area contributed by atoms with Crippen LogP contribution >= 0.6 is 11.8 Å². The molecule has 1 aliphatic rings. The second kappa shape index (κ2) is 7.33. The molecule has 0 saturated carbocycles. The van der Waals surface area contributed by atoms with Gasteiger partial charge in [-0.3, -0.25) is 0 Å². The number of alkyl halides is 2. The quantitative estimate of drug-likeness (QED) is 0.544. The lowest BCUT2D eigenvalue weighted by Gasteiger charge is -2.16. The first-order valence-corrected chi connectivity index (χ1v) is 8.99. The van der Waals surface area contributed by atoms with Gasteiger partial charge in [-0.05, 0) is 42.0 Å². The number of thioether (sulfide) groups is 1. The van der Waals surface area contributed by atoms with E-state index in [1.54, 1.807) is 30.2 Å². The van der Waals surface area contributed by atoms with E-state index in [-0.39, 0.29) is 11.0 Å². The summed E-state index contributed by atoms with van der Waals surface area (Å²) in [7, 11) is 0. The van der Waals surface area contributed by atoms with Crippen LogP contribution in [0.5, 0.6) is 5.75 Å². The molecule has 6 heteroatoms. The molecule has 4 rings (SSSR count). The fourth-order valence-electron chi connectivity index (χ4n) is 2.86. The van der Waals surface area contributed by atoms with Gasteiger partial charge in [0, 0.05) is 16.6 Å². The van der Waals surface area contributed by atoms with E-state index in [4.69, 9.17) is 9.41 Å². The molecule has 26 heavy (non-hydrogen) atoms. The van der Waals surface area contributed by atoms with Crippen molar-refractivity contribution in [3.63, 3.8) is 0 Å². The number of hydrogen-bond donors (Lipinski definition) is 0. The summed E-state index contributed by atoms with van der Waals surface area (Å²) >= 11 is 1.71. The zero-order valence-electron chi connectivity index (χ0n) is 13.6. The molecule has 3 nitrogen and oxygen atoms in total. The highest BCUT2D eigenvalue weighted by molar-refractivity contribution is 7.99. The first-order valence-electron chi connectivity index (χ1n) is 8.11. The predicted molar refractivity (Wildman–Crippen MR) is 97.6 cm³/mol. The van der Waals surface area contributed by atoms with Gasteiger partial charge in [-0.1, -0.05) is 24.3 Å². The van der Waals surface area contributed by atoms with Crippen LogP contribution in [0.15, 0.2) is 81.2 Å². The number of furan rings is 1. The molecule has 1 aromatic heterocycles. The number of fused-ring (bicyclic) bond motifs is 1. The zero-order valence-corrected chi connectivity index (χ0v) is 14.5. The van der Waals surface area contributed by atoms with Gasteiger partial charge in [0.25, 0.3) is 0 Å². The molecule has 0 aliphatic carbocycles.